The van der Waals surface area contributed by atoms with Crippen molar-refractivity contribution in [2.45, 2.75) is 32.2 Å². The maximum absolute atomic E-state index is 11.5. The predicted octanol–water partition coefficient (Wildman–Crippen LogP) is -1.06. The van der Waals surface area contributed by atoms with Crippen molar-refractivity contribution in [3.8, 4) is 0 Å². The van der Waals surface area contributed by atoms with Gasteiger partial charge in [0.05, 0.1) is 0 Å². The van der Waals surface area contributed by atoms with E-state index in [2.05, 4.69) is 20.8 Å². The highest BCUT2D eigenvalue weighted by Crippen LogP contribution is 1.98. The summed E-state index contributed by atoms with van der Waals surface area (Å²) in [6, 6.07) is -1.84. The maximum atomic E-state index is 11.5. The molecule has 1 aromatic rings. The number of carboxylic acid groups (broad SMARTS) is 1. The van der Waals surface area contributed by atoms with Crippen molar-refractivity contribution in [3.63, 3.8) is 0 Å². The third kappa shape index (κ3) is 6.36. The molecule has 0 saturated heterocycles. The number of aromatic nitrogens is 2. The number of amides is 3. The van der Waals surface area contributed by atoms with E-state index in [-0.39, 0.29) is 19.4 Å². The zero-order valence-corrected chi connectivity index (χ0v) is 11.5. The minimum atomic E-state index is -1.24. The van der Waals surface area contributed by atoms with Crippen molar-refractivity contribution in [1.29, 1.82) is 0 Å². The fourth-order valence-corrected chi connectivity index (χ4v) is 1.48. The van der Waals surface area contributed by atoms with Crippen molar-refractivity contribution in [3.05, 3.63) is 11.7 Å². The van der Waals surface area contributed by atoms with E-state index in [1.165, 1.54) is 0 Å². The van der Waals surface area contributed by atoms with Crippen LogP contribution in [0.5, 0.6) is 0 Å². The fourth-order valence-electron chi connectivity index (χ4n) is 1.48. The summed E-state index contributed by atoms with van der Waals surface area (Å²) in [7, 11) is 0. The Balaban J connectivity index is 2.32. The molecule has 1 unspecified atom stereocenters. The van der Waals surface area contributed by atoms with E-state index in [0.717, 1.165) is 0 Å². The molecule has 0 aliphatic rings. The first kappa shape index (κ1) is 16.4. The Morgan fingerprint density at radius 3 is 2.67 bits per heavy atom. The van der Waals surface area contributed by atoms with Crippen LogP contribution < -0.4 is 16.4 Å². The largest absolute Gasteiger partial charge is 0.480 e. The zero-order chi connectivity index (χ0) is 15.8. The van der Waals surface area contributed by atoms with E-state index in [1.807, 2.05) is 0 Å². The quantitative estimate of drug-likeness (QED) is 0.475. The summed E-state index contributed by atoms with van der Waals surface area (Å²) >= 11 is 0. The molecule has 1 heterocycles. The van der Waals surface area contributed by atoms with Crippen LogP contribution in [0, 0.1) is 6.92 Å². The minimum absolute atomic E-state index is 0.0673. The van der Waals surface area contributed by atoms with Gasteiger partial charge in [0, 0.05) is 26.3 Å². The van der Waals surface area contributed by atoms with Crippen LogP contribution in [0.2, 0.25) is 0 Å². The summed E-state index contributed by atoms with van der Waals surface area (Å²) in [5.41, 5.74) is 4.94. The van der Waals surface area contributed by atoms with Gasteiger partial charge in [-0.25, -0.2) is 9.59 Å². The molecule has 0 fully saturated rings. The van der Waals surface area contributed by atoms with Gasteiger partial charge in [-0.05, 0) is 6.42 Å². The number of primary amides is 1. The monoisotopic (exact) mass is 299 g/mol. The molecule has 0 radical (unpaired) electrons. The molecule has 0 spiro atoms. The number of nitrogens with one attached hydrogen (secondary N) is 2. The molecular weight excluding hydrogens is 282 g/mol. The molecule has 0 saturated carbocycles. The minimum Gasteiger partial charge on any atom is -0.480 e. The highest BCUT2D eigenvalue weighted by atomic mass is 16.5. The van der Waals surface area contributed by atoms with E-state index in [0.29, 0.717) is 18.1 Å². The van der Waals surface area contributed by atoms with Crippen molar-refractivity contribution < 1.29 is 24.0 Å². The van der Waals surface area contributed by atoms with Crippen molar-refractivity contribution in [1.82, 2.24) is 20.8 Å². The van der Waals surface area contributed by atoms with Crippen LogP contribution >= 0.6 is 0 Å². The molecule has 21 heavy (non-hydrogen) atoms. The standard InChI is InChI=1S/C11H17N5O5/c1-6-14-9(16-21-6)4-5-13-11(20)15-7(10(18)19)2-3-8(12)17/h7H,2-5H2,1H3,(H2,12,17)(H,18,19)(H2,13,15,20). The molecule has 10 heteroatoms. The number of nitrogens with zero attached hydrogens (tertiary/aromatic N) is 2. The van der Waals surface area contributed by atoms with E-state index < -0.39 is 23.9 Å². The van der Waals surface area contributed by atoms with Crippen LogP contribution in [0.4, 0.5) is 4.79 Å². The summed E-state index contributed by atoms with van der Waals surface area (Å²) in [6.45, 7) is 1.86. The van der Waals surface area contributed by atoms with Crippen LogP contribution in [-0.2, 0) is 16.0 Å². The number of carbonyl (C=O) groups excluding carboxylic acids is 2. The number of carboxylic acids is 1. The molecule has 1 aromatic heterocycles. The van der Waals surface area contributed by atoms with Gasteiger partial charge in [-0.15, -0.1) is 0 Å². The number of hydrogen-bond donors (Lipinski definition) is 4. The van der Waals surface area contributed by atoms with Gasteiger partial charge in [-0.2, -0.15) is 4.98 Å². The number of carbonyl (C=O) groups is 3. The first-order valence-corrected chi connectivity index (χ1v) is 6.23. The highest BCUT2D eigenvalue weighted by molar-refractivity contribution is 5.83. The molecule has 5 N–H and O–H groups in total. The Bertz CT molecular complexity index is 515. The summed E-state index contributed by atoms with van der Waals surface area (Å²) in [5.74, 6) is -1.00. The Hall–Kier alpha value is -2.65. The van der Waals surface area contributed by atoms with Gasteiger partial charge in [0.2, 0.25) is 11.8 Å². The van der Waals surface area contributed by atoms with Crippen LogP contribution in [0.1, 0.15) is 24.6 Å². The lowest BCUT2D eigenvalue weighted by molar-refractivity contribution is -0.139. The Morgan fingerprint density at radius 1 is 1.43 bits per heavy atom. The van der Waals surface area contributed by atoms with Crippen LogP contribution in [-0.4, -0.2) is 45.7 Å². The van der Waals surface area contributed by atoms with Gasteiger partial charge in [-0.3, -0.25) is 4.79 Å². The van der Waals surface area contributed by atoms with Gasteiger partial charge in [0.15, 0.2) is 5.82 Å². The maximum Gasteiger partial charge on any atom is 0.326 e. The third-order valence-electron chi connectivity index (χ3n) is 2.49. The summed E-state index contributed by atoms with van der Waals surface area (Å²) < 4.78 is 4.76. The van der Waals surface area contributed by atoms with E-state index in [9.17, 15) is 14.4 Å². The highest BCUT2D eigenvalue weighted by Gasteiger charge is 2.20. The zero-order valence-electron chi connectivity index (χ0n) is 11.5. The fraction of sp³-hybridized carbons (Fsp3) is 0.545. The Kier molecular flexibility index (Phi) is 6.11. The molecule has 0 aliphatic heterocycles. The Labute approximate surface area is 120 Å². The van der Waals surface area contributed by atoms with E-state index in [4.69, 9.17) is 15.4 Å². The lowest BCUT2D eigenvalue weighted by Gasteiger charge is -2.14. The number of aliphatic carboxylic acids is 1. The summed E-state index contributed by atoms with van der Waals surface area (Å²) in [4.78, 5) is 37.0. The van der Waals surface area contributed by atoms with Crippen molar-refractivity contribution >= 4 is 17.9 Å². The SMILES string of the molecule is Cc1nc(CCNC(=O)NC(CCC(N)=O)C(=O)O)no1. The normalized spacial score (nSPS) is 11.7. The smallest absolute Gasteiger partial charge is 0.326 e. The van der Waals surface area contributed by atoms with Gasteiger partial charge in [0.1, 0.15) is 6.04 Å². The molecule has 0 bridgehead atoms. The van der Waals surface area contributed by atoms with Gasteiger partial charge >= 0.3 is 12.0 Å². The van der Waals surface area contributed by atoms with Crippen molar-refractivity contribution in [2.75, 3.05) is 6.54 Å². The van der Waals surface area contributed by atoms with E-state index >= 15 is 0 Å². The number of rotatable bonds is 8. The number of nitrogens with two attached hydrogens (primary N) is 1. The molecule has 1 rings (SSSR count). The van der Waals surface area contributed by atoms with Gasteiger partial charge < -0.3 is 26.0 Å². The average Bonchev–Trinajstić information content (AvgIpc) is 2.79. The third-order valence-corrected chi connectivity index (χ3v) is 2.49. The van der Waals surface area contributed by atoms with Crippen LogP contribution in [0.25, 0.3) is 0 Å². The molecule has 116 valence electrons. The van der Waals surface area contributed by atoms with Gasteiger partial charge in [-0.1, -0.05) is 5.16 Å². The second-order valence-corrected chi connectivity index (χ2v) is 4.28. The molecule has 0 aromatic carbocycles. The first-order valence-electron chi connectivity index (χ1n) is 6.23. The Morgan fingerprint density at radius 2 is 2.14 bits per heavy atom. The first-order chi connectivity index (χ1) is 9.88. The number of urea groups is 1. The predicted molar refractivity (Wildman–Crippen MR) is 69.1 cm³/mol. The van der Waals surface area contributed by atoms with Gasteiger partial charge in [0.25, 0.3) is 0 Å². The lowest BCUT2D eigenvalue weighted by Crippen LogP contribution is -2.46. The van der Waals surface area contributed by atoms with E-state index in [1.54, 1.807) is 6.92 Å². The molecular formula is C11H17N5O5. The van der Waals surface area contributed by atoms with Crippen molar-refractivity contribution in [2.24, 2.45) is 5.73 Å². The average molecular weight is 299 g/mol. The summed E-state index contributed by atoms with van der Waals surface area (Å²) in [6.07, 6.45) is 0.158. The molecule has 10 nitrogen and oxygen atoms in total. The molecule has 1 atom stereocenters. The van der Waals surface area contributed by atoms with Crippen LogP contribution in [0.15, 0.2) is 4.52 Å². The lowest BCUT2D eigenvalue weighted by atomic mass is 10.1. The second-order valence-electron chi connectivity index (χ2n) is 4.28. The molecule has 3 amide bonds. The summed E-state index contributed by atoms with van der Waals surface area (Å²) in [5, 5.41) is 17.3. The topological polar surface area (TPSA) is 160 Å². The number of hydrogen-bond acceptors (Lipinski definition) is 6. The second kappa shape index (κ2) is 7.82. The van der Waals surface area contributed by atoms with Crippen LogP contribution in [0.3, 0.4) is 0 Å². The number of aryl methyl sites for hydroxylation is 1. The molecule has 0 aliphatic carbocycles.